The minimum atomic E-state index is -0.383. The zero-order chi connectivity index (χ0) is 38.3. The zero-order valence-corrected chi connectivity index (χ0v) is 30.8. The Labute approximate surface area is 321 Å². The van der Waals surface area contributed by atoms with Crippen LogP contribution in [0.5, 0.6) is 0 Å². The number of hydrogen-bond donors (Lipinski definition) is 5. The number of nitrogens with zero attached hydrogens (tertiary/aromatic N) is 2. The van der Waals surface area contributed by atoms with E-state index in [0.717, 1.165) is 55.7 Å². The molecule has 12 nitrogen and oxygen atoms in total. The highest BCUT2D eigenvalue weighted by Gasteiger charge is 2.43. The molecule has 5 heterocycles. The number of benzene rings is 4. The number of Topliss-reactive ketones (excluding diaryl/α,β-unsaturated/α-hetero) is 1. The van der Waals surface area contributed by atoms with Gasteiger partial charge in [-0.25, -0.2) is 9.59 Å². The summed E-state index contributed by atoms with van der Waals surface area (Å²) in [4.78, 5) is 62.9. The standard InChI is InChI=1S/C19H19N3O2.C12H15N3O.C12H13NO2/c23-17(14-6-2-1-3-7-14)22-12-10-19(11-13-22)15-8-4-5-9-16(15)20-18(24)21-19;16-11-14-10-4-2-1-3-9(10)12(15-11)5-7-13-8-6-12;14-11-6-8-13(9-7-11)12(15)10-4-2-1-3-5-10/h1-9H,10-13H2,(H2,20,21,24);1-4,13H,5-8H2,(H2,14,15,16);1-5H,6-9H2. The maximum Gasteiger partial charge on any atom is 0.319 e. The van der Waals surface area contributed by atoms with Gasteiger partial charge in [-0.3, -0.25) is 14.4 Å². The number of carbonyl (C=O) groups excluding carboxylic acids is 5. The van der Waals surface area contributed by atoms with E-state index in [4.69, 9.17) is 0 Å². The van der Waals surface area contributed by atoms with Gasteiger partial charge in [-0.15, -0.1) is 0 Å². The van der Waals surface area contributed by atoms with Crippen LogP contribution < -0.4 is 26.6 Å². The van der Waals surface area contributed by atoms with Gasteiger partial charge in [-0.05, 0) is 75.2 Å². The molecule has 4 aromatic rings. The quantitative estimate of drug-likeness (QED) is 0.174. The largest absolute Gasteiger partial charge is 0.338 e. The van der Waals surface area contributed by atoms with Crippen LogP contribution >= 0.6 is 0 Å². The fourth-order valence-corrected chi connectivity index (χ4v) is 8.11. The lowest BCUT2D eigenvalue weighted by atomic mass is 9.79. The van der Waals surface area contributed by atoms with Crippen molar-refractivity contribution in [2.75, 3.05) is 49.9 Å². The average molecular weight is 742 g/mol. The van der Waals surface area contributed by atoms with Crippen molar-refractivity contribution in [3.8, 4) is 0 Å². The first-order chi connectivity index (χ1) is 26.8. The van der Waals surface area contributed by atoms with E-state index in [1.807, 2.05) is 89.8 Å². The number of fused-ring (bicyclic) bond motifs is 4. The highest BCUT2D eigenvalue weighted by atomic mass is 16.2. The number of anilines is 2. The first-order valence-corrected chi connectivity index (χ1v) is 19.0. The van der Waals surface area contributed by atoms with Gasteiger partial charge >= 0.3 is 12.1 Å². The molecule has 9 rings (SSSR count). The molecular formula is C43H47N7O5. The van der Waals surface area contributed by atoms with Crippen LogP contribution in [0.25, 0.3) is 0 Å². The van der Waals surface area contributed by atoms with Gasteiger partial charge in [0.15, 0.2) is 0 Å². The van der Waals surface area contributed by atoms with Crippen LogP contribution in [0.1, 0.15) is 70.4 Å². The average Bonchev–Trinajstić information content (AvgIpc) is 3.22. The number of likely N-dealkylation sites (tertiary alicyclic amines) is 2. The van der Waals surface area contributed by atoms with Crippen molar-refractivity contribution < 1.29 is 24.0 Å². The molecule has 2 spiro atoms. The minimum absolute atomic E-state index is 0.0306. The summed E-state index contributed by atoms with van der Waals surface area (Å²) in [5.41, 5.74) is 5.01. The molecule has 6 amide bonds. The van der Waals surface area contributed by atoms with E-state index in [0.29, 0.717) is 50.1 Å². The molecule has 0 atom stereocenters. The van der Waals surface area contributed by atoms with Gasteiger partial charge in [-0.1, -0.05) is 72.8 Å². The zero-order valence-electron chi connectivity index (χ0n) is 30.8. The van der Waals surface area contributed by atoms with Gasteiger partial charge < -0.3 is 36.4 Å². The van der Waals surface area contributed by atoms with Gasteiger partial charge in [-0.2, -0.15) is 0 Å². The van der Waals surface area contributed by atoms with Gasteiger partial charge in [0.1, 0.15) is 5.78 Å². The molecule has 0 aliphatic carbocycles. The molecule has 0 saturated carbocycles. The molecule has 284 valence electrons. The van der Waals surface area contributed by atoms with E-state index < -0.39 is 0 Å². The van der Waals surface area contributed by atoms with Crippen molar-refractivity contribution >= 4 is 41.0 Å². The number of ketones is 1. The molecule has 5 N–H and O–H groups in total. The Morgan fingerprint density at radius 3 is 1.36 bits per heavy atom. The molecule has 12 heteroatoms. The molecular weight excluding hydrogens is 695 g/mol. The Morgan fingerprint density at radius 2 is 0.891 bits per heavy atom. The molecule has 0 aromatic heterocycles. The Kier molecular flexibility index (Phi) is 11.2. The number of para-hydroxylation sites is 2. The molecule has 0 unspecified atom stereocenters. The predicted molar refractivity (Wildman–Crippen MR) is 211 cm³/mol. The summed E-state index contributed by atoms with van der Waals surface area (Å²) in [7, 11) is 0. The number of urea groups is 2. The number of rotatable bonds is 2. The lowest BCUT2D eigenvalue weighted by Gasteiger charge is -2.45. The van der Waals surface area contributed by atoms with E-state index in [1.165, 1.54) is 5.56 Å². The molecule has 3 saturated heterocycles. The Hall–Kier alpha value is -6.01. The van der Waals surface area contributed by atoms with Gasteiger partial charge in [0.05, 0.1) is 11.1 Å². The van der Waals surface area contributed by atoms with Crippen LogP contribution in [0.15, 0.2) is 109 Å². The first-order valence-electron chi connectivity index (χ1n) is 19.0. The van der Waals surface area contributed by atoms with Crippen LogP contribution in [0.4, 0.5) is 21.0 Å². The van der Waals surface area contributed by atoms with E-state index >= 15 is 0 Å². The fourth-order valence-electron chi connectivity index (χ4n) is 8.11. The summed E-state index contributed by atoms with van der Waals surface area (Å²) in [5, 5.41) is 15.2. The predicted octanol–water partition coefficient (Wildman–Crippen LogP) is 5.85. The summed E-state index contributed by atoms with van der Waals surface area (Å²) in [5.74, 6) is 0.342. The Morgan fingerprint density at radius 1 is 0.491 bits per heavy atom. The SMILES string of the molecule is O=C1CCN(C(=O)c2ccccc2)CC1.O=C1Nc2ccccc2C2(CCN(C(=O)c3ccccc3)CC2)N1.O=C1Nc2ccccc2C2(CCNCC2)N1. The first kappa shape index (κ1) is 37.3. The van der Waals surface area contributed by atoms with Crippen molar-refractivity contribution in [3.05, 3.63) is 131 Å². The smallest absolute Gasteiger partial charge is 0.319 e. The molecule has 0 bridgehead atoms. The topological polar surface area (TPSA) is 152 Å². The second kappa shape index (κ2) is 16.6. The maximum atomic E-state index is 12.6. The third-order valence-corrected chi connectivity index (χ3v) is 11.1. The number of piperidine rings is 3. The molecule has 5 aliphatic heterocycles. The molecule has 0 radical (unpaired) electrons. The van der Waals surface area contributed by atoms with Crippen LogP contribution in [0.3, 0.4) is 0 Å². The number of nitrogens with one attached hydrogen (secondary N) is 5. The van der Waals surface area contributed by atoms with Gasteiger partial charge in [0.2, 0.25) is 0 Å². The molecule has 4 aromatic carbocycles. The lowest BCUT2D eigenvalue weighted by molar-refractivity contribution is -0.120. The highest BCUT2D eigenvalue weighted by molar-refractivity contribution is 5.96. The fraction of sp³-hybridized carbons (Fsp3) is 0.326. The van der Waals surface area contributed by atoms with Crippen LogP contribution in [-0.4, -0.2) is 78.7 Å². The normalized spacial score (nSPS) is 19.0. The van der Waals surface area contributed by atoms with E-state index in [2.05, 4.69) is 38.7 Å². The Balaban J connectivity index is 0.000000132. The minimum Gasteiger partial charge on any atom is -0.338 e. The summed E-state index contributed by atoms with van der Waals surface area (Å²) >= 11 is 0. The molecule has 3 fully saturated rings. The van der Waals surface area contributed by atoms with Gasteiger partial charge in [0.25, 0.3) is 11.8 Å². The van der Waals surface area contributed by atoms with E-state index in [1.54, 1.807) is 17.0 Å². The van der Waals surface area contributed by atoms with Crippen molar-refractivity contribution in [1.82, 2.24) is 25.8 Å². The van der Waals surface area contributed by atoms with E-state index in [-0.39, 0.29) is 40.7 Å². The van der Waals surface area contributed by atoms with E-state index in [9.17, 15) is 24.0 Å². The van der Waals surface area contributed by atoms with Crippen molar-refractivity contribution in [2.24, 2.45) is 0 Å². The second-order valence-electron chi connectivity index (χ2n) is 14.5. The monoisotopic (exact) mass is 741 g/mol. The third-order valence-electron chi connectivity index (χ3n) is 11.1. The Bertz CT molecular complexity index is 2020. The summed E-state index contributed by atoms with van der Waals surface area (Å²) in [6.07, 6.45) is 4.35. The highest BCUT2D eigenvalue weighted by Crippen LogP contribution is 2.40. The van der Waals surface area contributed by atoms with Crippen molar-refractivity contribution in [3.63, 3.8) is 0 Å². The van der Waals surface area contributed by atoms with Crippen LogP contribution in [-0.2, 0) is 15.9 Å². The molecule has 5 aliphatic rings. The molecule has 55 heavy (non-hydrogen) atoms. The summed E-state index contributed by atoms with van der Waals surface area (Å²) in [6.45, 7) is 4.28. The summed E-state index contributed by atoms with van der Waals surface area (Å²) in [6, 6.07) is 34.2. The number of hydrogen-bond acceptors (Lipinski definition) is 6. The van der Waals surface area contributed by atoms with Crippen LogP contribution in [0, 0.1) is 0 Å². The van der Waals surface area contributed by atoms with Crippen LogP contribution in [0.2, 0.25) is 0 Å². The lowest BCUT2D eigenvalue weighted by Crippen LogP contribution is -2.57. The van der Waals surface area contributed by atoms with Crippen molar-refractivity contribution in [1.29, 1.82) is 0 Å². The number of carbonyl (C=O) groups is 5. The van der Waals surface area contributed by atoms with Crippen molar-refractivity contribution in [2.45, 2.75) is 49.6 Å². The van der Waals surface area contributed by atoms with Gasteiger partial charge in [0, 0.05) is 72.6 Å². The maximum absolute atomic E-state index is 12.6. The summed E-state index contributed by atoms with van der Waals surface area (Å²) < 4.78 is 0. The number of amides is 6. The third kappa shape index (κ3) is 8.39. The second-order valence-corrected chi connectivity index (χ2v) is 14.5.